The van der Waals surface area contributed by atoms with Crippen molar-refractivity contribution >= 4 is 24.1 Å². The van der Waals surface area contributed by atoms with Gasteiger partial charge in [-0.2, -0.15) is 0 Å². The topological polar surface area (TPSA) is 160 Å². The van der Waals surface area contributed by atoms with Gasteiger partial charge in [-0.3, -0.25) is 9.59 Å². The zero-order valence-electron chi connectivity index (χ0n) is 31.1. The quantitative estimate of drug-likeness (QED) is 0.0210. The van der Waals surface area contributed by atoms with Crippen molar-refractivity contribution in [2.45, 2.75) is 143 Å². The Labute approximate surface area is 299 Å². The van der Waals surface area contributed by atoms with E-state index in [-0.39, 0.29) is 30.3 Å². The van der Waals surface area contributed by atoms with Crippen LogP contribution >= 0.6 is 0 Å². The number of hydrogen-bond acceptors (Lipinski definition) is 10. The molecule has 284 valence electrons. The number of nitrogens with one attached hydrogen (secondary N) is 1. The first kappa shape index (κ1) is 46.0. The Morgan fingerprint density at radius 1 is 0.960 bits per heavy atom. The highest BCUT2D eigenvalue weighted by Gasteiger charge is 2.19. The van der Waals surface area contributed by atoms with Gasteiger partial charge in [0, 0.05) is 12.8 Å². The molecule has 1 saturated carbocycles. The normalized spacial score (nSPS) is 12.8. The van der Waals surface area contributed by atoms with Crippen molar-refractivity contribution < 1.29 is 43.3 Å². The molecular formula is C38H62N2O10. The molecular weight excluding hydrogens is 644 g/mol. The van der Waals surface area contributed by atoms with E-state index in [9.17, 15) is 29.3 Å². The van der Waals surface area contributed by atoms with Crippen molar-refractivity contribution in [3.8, 4) is 11.5 Å². The number of Topliss-reactive ketones (excluding diaryl/α,β-unsaturated/α-hetero) is 1. The van der Waals surface area contributed by atoms with Crippen LogP contribution in [0.4, 0.5) is 0 Å². The van der Waals surface area contributed by atoms with Gasteiger partial charge in [0.05, 0.1) is 25.9 Å². The lowest BCUT2D eigenvalue weighted by atomic mass is 9.98. The van der Waals surface area contributed by atoms with Gasteiger partial charge in [-0.05, 0) is 70.1 Å². The van der Waals surface area contributed by atoms with Crippen LogP contribution in [0.25, 0.3) is 0 Å². The number of amides is 1. The summed E-state index contributed by atoms with van der Waals surface area (Å²) in [6.07, 6.45) is 24.1. The maximum absolute atomic E-state index is 12.0. The molecule has 0 spiro atoms. The molecule has 1 aliphatic rings. The molecule has 1 amide bonds. The molecule has 1 atom stereocenters. The standard InChI is InChI=1S/C16H20N2O9.C15H28O.C7H14/c1-11(17-10-19)15(20)27-13-6-5-12(9-14(13)24-2)16(21)25-7-3-4-8-26-18(22)23;1-2-3-4-5-6-11-15(16)13-12-14-9-7-8-10-14;1-3-5-7-6-4-2/h5-6,9-11H,3-4,7-8H2,1-2H3,(H,17,19);14H,2-13H2,1H3;3,5H,4,6-7H2,1-2H3/b;;5-3-. The summed E-state index contributed by atoms with van der Waals surface area (Å²) in [5.74, 6) is 0.281. The Balaban J connectivity index is 0.000000874. The molecule has 0 bridgehead atoms. The fourth-order valence-corrected chi connectivity index (χ4v) is 5.04. The number of carbonyl (C=O) groups is 4. The molecule has 0 saturated heterocycles. The lowest BCUT2D eigenvalue weighted by molar-refractivity contribution is -0.757. The first-order chi connectivity index (χ1) is 24.1. The molecule has 0 aromatic heterocycles. The van der Waals surface area contributed by atoms with E-state index in [2.05, 4.69) is 43.1 Å². The second-order valence-electron chi connectivity index (χ2n) is 12.3. The number of ether oxygens (including phenoxy) is 3. The van der Waals surface area contributed by atoms with E-state index >= 15 is 0 Å². The van der Waals surface area contributed by atoms with Crippen molar-refractivity contribution in [2.75, 3.05) is 20.3 Å². The lowest BCUT2D eigenvalue weighted by Gasteiger charge is -2.13. The van der Waals surface area contributed by atoms with Gasteiger partial charge in [0.15, 0.2) is 11.5 Å². The monoisotopic (exact) mass is 706 g/mol. The van der Waals surface area contributed by atoms with Crippen LogP contribution in [0.5, 0.6) is 11.5 Å². The highest BCUT2D eigenvalue weighted by atomic mass is 16.9. The minimum Gasteiger partial charge on any atom is -0.493 e. The van der Waals surface area contributed by atoms with E-state index in [4.69, 9.17) is 14.2 Å². The van der Waals surface area contributed by atoms with Crippen LogP contribution in [-0.4, -0.2) is 55.6 Å². The molecule has 1 aromatic carbocycles. The molecule has 1 unspecified atom stereocenters. The van der Waals surface area contributed by atoms with E-state index in [1.165, 1.54) is 109 Å². The minimum atomic E-state index is -0.886. The number of esters is 2. The number of hydrogen-bond donors (Lipinski definition) is 1. The van der Waals surface area contributed by atoms with Gasteiger partial charge in [-0.25, -0.2) is 9.59 Å². The Kier molecular flexibility index (Phi) is 28.6. The Morgan fingerprint density at radius 2 is 1.64 bits per heavy atom. The molecule has 2 rings (SSSR count). The number of nitrogens with zero attached hydrogens (tertiary/aromatic N) is 1. The number of unbranched alkanes of at least 4 members (excludes halogenated alkanes) is 7. The average Bonchev–Trinajstić information content (AvgIpc) is 3.63. The summed E-state index contributed by atoms with van der Waals surface area (Å²) in [4.78, 5) is 59.9. The largest absolute Gasteiger partial charge is 0.493 e. The van der Waals surface area contributed by atoms with Crippen LogP contribution in [0, 0.1) is 16.0 Å². The molecule has 1 fully saturated rings. The van der Waals surface area contributed by atoms with Crippen LogP contribution in [-0.2, 0) is 24.0 Å². The molecule has 12 nitrogen and oxygen atoms in total. The second kappa shape index (κ2) is 31.1. The van der Waals surface area contributed by atoms with Gasteiger partial charge in [-0.1, -0.05) is 90.2 Å². The first-order valence-corrected chi connectivity index (χ1v) is 18.3. The Bertz CT molecular complexity index is 1120. The maximum Gasteiger partial charge on any atom is 0.338 e. The summed E-state index contributed by atoms with van der Waals surface area (Å²) in [5, 5.41) is 11.4. The van der Waals surface area contributed by atoms with E-state index < -0.39 is 23.1 Å². The molecule has 0 heterocycles. The first-order valence-electron chi connectivity index (χ1n) is 18.3. The zero-order valence-corrected chi connectivity index (χ0v) is 31.1. The third kappa shape index (κ3) is 24.2. The fourth-order valence-electron chi connectivity index (χ4n) is 5.04. The summed E-state index contributed by atoms with van der Waals surface area (Å²) in [7, 11) is 1.34. The fraction of sp³-hybridized carbons (Fsp3) is 0.684. The summed E-state index contributed by atoms with van der Waals surface area (Å²) in [6.45, 7) is 7.95. The third-order valence-electron chi connectivity index (χ3n) is 8.08. The number of benzene rings is 1. The summed E-state index contributed by atoms with van der Waals surface area (Å²) < 4.78 is 15.3. The van der Waals surface area contributed by atoms with Crippen LogP contribution < -0.4 is 14.8 Å². The number of rotatable bonds is 24. The maximum atomic E-state index is 12.0. The predicted molar refractivity (Wildman–Crippen MR) is 194 cm³/mol. The smallest absolute Gasteiger partial charge is 0.338 e. The summed E-state index contributed by atoms with van der Waals surface area (Å²) in [6, 6.07) is 3.25. The van der Waals surface area contributed by atoms with Crippen LogP contribution in [0.15, 0.2) is 30.4 Å². The van der Waals surface area contributed by atoms with Gasteiger partial charge >= 0.3 is 11.9 Å². The predicted octanol–water partition coefficient (Wildman–Crippen LogP) is 8.52. The van der Waals surface area contributed by atoms with Gasteiger partial charge < -0.3 is 24.4 Å². The van der Waals surface area contributed by atoms with Crippen molar-refractivity contribution in [3.63, 3.8) is 0 Å². The number of carbonyl (C=O) groups excluding carboxylic acids is 4. The SMILES string of the molecule is C/C=C\CCCC.CCCCCCCC(=O)CCC1CCCC1.COc1cc(C(=O)OCCCCO[N+](=O)[O-])ccc1OC(=O)C(C)NC=O. The Morgan fingerprint density at radius 3 is 2.26 bits per heavy atom. The molecule has 1 aliphatic carbocycles. The van der Waals surface area contributed by atoms with E-state index in [0.29, 0.717) is 25.0 Å². The third-order valence-corrected chi connectivity index (χ3v) is 8.08. The minimum absolute atomic E-state index is 0.0633. The molecule has 1 aromatic rings. The van der Waals surface area contributed by atoms with Gasteiger partial charge in [-0.15, -0.1) is 10.1 Å². The highest BCUT2D eigenvalue weighted by Crippen LogP contribution is 2.29. The van der Waals surface area contributed by atoms with Gasteiger partial charge in [0.2, 0.25) is 6.41 Å². The Hall–Kier alpha value is -3.96. The van der Waals surface area contributed by atoms with Gasteiger partial charge in [0.25, 0.3) is 5.09 Å². The van der Waals surface area contributed by atoms with Crippen LogP contribution in [0.2, 0.25) is 0 Å². The number of allylic oxidation sites excluding steroid dienone is 2. The van der Waals surface area contributed by atoms with E-state index in [0.717, 1.165) is 25.2 Å². The summed E-state index contributed by atoms with van der Waals surface area (Å²) >= 11 is 0. The molecule has 50 heavy (non-hydrogen) atoms. The summed E-state index contributed by atoms with van der Waals surface area (Å²) in [5.41, 5.74) is 0.173. The van der Waals surface area contributed by atoms with Crippen molar-refractivity contribution in [3.05, 3.63) is 46.0 Å². The lowest BCUT2D eigenvalue weighted by Crippen LogP contribution is -2.36. The van der Waals surface area contributed by atoms with Crippen molar-refractivity contribution in [2.24, 2.45) is 5.92 Å². The second-order valence-corrected chi connectivity index (χ2v) is 12.3. The van der Waals surface area contributed by atoms with Crippen LogP contribution in [0.3, 0.4) is 0 Å². The number of ketones is 1. The molecule has 12 heteroatoms. The molecule has 1 N–H and O–H groups in total. The van der Waals surface area contributed by atoms with Crippen LogP contribution in [0.1, 0.15) is 147 Å². The van der Waals surface area contributed by atoms with E-state index in [1.54, 1.807) is 0 Å². The van der Waals surface area contributed by atoms with Crippen molar-refractivity contribution in [1.82, 2.24) is 5.32 Å². The number of methoxy groups -OCH3 is 1. The average molecular weight is 707 g/mol. The van der Waals surface area contributed by atoms with Crippen molar-refractivity contribution in [1.29, 1.82) is 0 Å². The van der Waals surface area contributed by atoms with E-state index in [1.807, 2.05) is 0 Å². The molecule has 0 aliphatic heterocycles. The highest BCUT2D eigenvalue weighted by molar-refractivity contribution is 5.90. The zero-order chi connectivity index (χ0) is 37.4. The van der Waals surface area contributed by atoms with Gasteiger partial charge in [0.1, 0.15) is 11.8 Å². The molecule has 0 radical (unpaired) electrons.